The Morgan fingerprint density at radius 3 is 2.14 bits per heavy atom. The van der Waals surface area contributed by atoms with Crippen LogP contribution in [0.2, 0.25) is 0 Å². The molecule has 5 nitrogen and oxygen atoms in total. The minimum absolute atomic E-state index is 0.0230. The van der Waals surface area contributed by atoms with E-state index in [1.807, 2.05) is 79.4 Å². The van der Waals surface area contributed by atoms with Gasteiger partial charge in [0.05, 0.1) is 6.54 Å². The minimum Gasteiger partial charge on any atom is -0.349 e. The van der Waals surface area contributed by atoms with E-state index in [2.05, 4.69) is 10.2 Å². The lowest BCUT2D eigenvalue weighted by atomic mass is 10.0. The highest BCUT2D eigenvalue weighted by Crippen LogP contribution is 2.18. The largest absolute Gasteiger partial charge is 0.349 e. The average Bonchev–Trinajstić information content (AvgIpc) is 2.71. The van der Waals surface area contributed by atoms with Crippen molar-refractivity contribution in [2.24, 2.45) is 0 Å². The highest BCUT2D eigenvalue weighted by molar-refractivity contribution is 5.95. The van der Waals surface area contributed by atoms with Crippen LogP contribution in [0.1, 0.15) is 37.0 Å². The second-order valence-corrected chi connectivity index (χ2v) is 7.58. The molecular formula is C23H29N3O2. The van der Waals surface area contributed by atoms with Crippen molar-refractivity contribution in [3.8, 4) is 0 Å². The summed E-state index contributed by atoms with van der Waals surface area (Å²) in [6.07, 6.45) is 1.72. The molecular weight excluding hydrogens is 350 g/mol. The number of carbonyl (C=O) groups excluding carboxylic acids is 2. The van der Waals surface area contributed by atoms with Gasteiger partial charge < -0.3 is 10.2 Å². The first-order valence-corrected chi connectivity index (χ1v) is 10.00. The van der Waals surface area contributed by atoms with Gasteiger partial charge >= 0.3 is 0 Å². The van der Waals surface area contributed by atoms with E-state index in [4.69, 9.17) is 0 Å². The molecule has 0 atom stereocenters. The van der Waals surface area contributed by atoms with Crippen LogP contribution in [0.4, 0.5) is 5.69 Å². The Hall–Kier alpha value is -2.66. The zero-order chi connectivity index (χ0) is 19.9. The number of rotatable bonds is 6. The number of piperidine rings is 1. The van der Waals surface area contributed by atoms with Crippen LogP contribution in [0.5, 0.6) is 0 Å². The van der Waals surface area contributed by atoms with Crippen LogP contribution in [-0.4, -0.2) is 48.4 Å². The molecule has 0 spiro atoms. The number of hydrogen-bond acceptors (Lipinski definition) is 3. The van der Waals surface area contributed by atoms with Crippen molar-refractivity contribution in [1.82, 2.24) is 10.2 Å². The van der Waals surface area contributed by atoms with Crippen molar-refractivity contribution >= 4 is 17.5 Å². The lowest BCUT2D eigenvalue weighted by Crippen LogP contribution is -2.49. The smallest absolute Gasteiger partial charge is 0.251 e. The van der Waals surface area contributed by atoms with Gasteiger partial charge in [0.25, 0.3) is 5.91 Å². The zero-order valence-corrected chi connectivity index (χ0v) is 16.7. The van der Waals surface area contributed by atoms with Gasteiger partial charge in [0.1, 0.15) is 0 Å². The van der Waals surface area contributed by atoms with Gasteiger partial charge in [0, 0.05) is 36.4 Å². The second kappa shape index (κ2) is 9.51. The van der Waals surface area contributed by atoms with E-state index < -0.39 is 0 Å². The summed E-state index contributed by atoms with van der Waals surface area (Å²) in [6, 6.07) is 19.4. The molecule has 1 fully saturated rings. The molecule has 3 rings (SSSR count). The summed E-state index contributed by atoms with van der Waals surface area (Å²) in [7, 11) is 0. The topological polar surface area (TPSA) is 52.7 Å². The fourth-order valence-corrected chi connectivity index (χ4v) is 3.68. The molecule has 1 aliphatic rings. The maximum absolute atomic E-state index is 12.9. The maximum atomic E-state index is 12.9. The number of anilines is 1. The van der Waals surface area contributed by atoms with E-state index in [0.717, 1.165) is 31.6 Å². The van der Waals surface area contributed by atoms with E-state index in [1.54, 1.807) is 0 Å². The molecule has 0 aliphatic carbocycles. The SMILES string of the molecule is CC(C)N(C(=O)CN1CCC(NC(=O)c2ccccc2)CC1)c1ccccc1. The molecule has 5 heteroatoms. The van der Waals surface area contributed by atoms with Gasteiger partial charge in [-0.1, -0.05) is 36.4 Å². The van der Waals surface area contributed by atoms with Gasteiger partial charge in [-0.25, -0.2) is 0 Å². The fourth-order valence-electron chi connectivity index (χ4n) is 3.68. The molecule has 28 heavy (non-hydrogen) atoms. The first-order valence-electron chi connectivity index (χ1n) is 10.00. The normalized spacial score (nSPS) is 15.4. The number of hydrogen-bond donors (Lipinski definition) is 1. The monoisotopic (exact) mass is 379 g/mol. The number of amides is 2. The average molecular weight is 380 g/mol. The Balaban J connectivity index is 1.51. The summed E-state index contributed by atoms with van der Waals surface area (Å²) in [5, 5.41) is 3.11. The predicted molar refractivity (Wildman–Crippen MR) is 112 cm³/mol. The molecule has 0 saturated carbocycles. The quantitative estimate of drug-likeness (QED) is 0.838. The van der Waals surface area contributed by atoms with Crippen LogP contribution in [0.3, 0.4) is 0 Å². The van der Waals surface area contributed by atoms with Gasteiger partial charge in [-0.3, -0.25) is 14.5 Å². The van der Waals surface area contributed by atoms with Crippen LogP contribution in [0.25, 0.3) is 0 Å². The highest BCUT2D eigenvalue weighted by Gasteiger charge is 2.25. The molecule has 2 aromatic rings. The van der Waals surface area contributed by atoms with E-state index in [0.29, 0.717) is 12.1 Å². The van der Waals surface area contributed by atoms with Crippen LogP contribution < -0.4 is 10.2 Å². The number of likely N-dealkylation sites (tertiary alicyclic amines) is 1. The summed E-state index contributed by atoms with van der Waals surface area (Å²) in [4.78, 5) is 29.3. The van der Waals surface area contributed by atoms with E-state index in [9.17, 15) is 9.59 Å². The van der Waals surface area contributed by atoms with Crippen molar-refractivity contribution in [1.29, 1.82) is 0 Å². The van der Waals surface area contributed by atoms with Crippen LogP contribution in [0, 0.1) is 0 Å². The van der Waals surface area contributed by atoms with Crippen molar-refractivity contribution in [2.45, 2.75) is 38.8 Å². The van der Waals surface area contributed by atoms with E-state index in [1.165, 1.54) is 0 Å². The second-order valence-electron chi connectivity index (χ2n) is 7.58. The number of para-hydroxylation sites is 1. The third kappa shape index (κ3) is 5.20. The number of carbonyl (C=O) groups is 2. The Morgan fingerprint density at radius 1 is 1.00 bits per heavy atom. The van der Waals surface area contributed by atoms with Gasteiger partial charge in [-0.15, -0.1) is 0 Å². The van der Waals surface area contributed by atoms with Crippen molar-refractivity contribution in [3.05, 3.63) is 66.2 Å². The van der Waals surface area contributed by atoms with Crippen LogP contribution >= 0.6 is 0 Å². The molecule has 2 amide bonds. The third-order valence-corrected chi connectivity index (χ3v) is 5.14. The summed E-state index contributed by atoms with van der Waals surface area (Å²) < 4.78 is 0. The molecule has 0 aromatic heterocycles. The Kier molecular flexibility index (Phi) is 6.82. The minimum atomic E-state index is -0.0230. The molecule has 148 valence electrons. The molecule has 1 aliphatic heterocycles. The standard InChI is InChI=1S/C23H29N3O2/c1-18(2)26(21-11-7-4-8-12-21)22(27)17-25-15-13-20(14-16-25)24-23(28)19-9-5-3-6-10-19/h3-12,18,20H,13-17H2,1-2H3,(H,24,28). The summed E-state index contributed by atoms with van der Waals surface area (Å²) in [5.41, 5.74) is 1.63. The van der Waals surface area contributed by atoms with Crippen LogP contribution in [-0.2, 0) is 4.79 Å². The lowest BCUT2D eigenvalue weighted by molar-refractivity contribution is -0.120. The van der Waals surface area contributed by atoms with Gasteiger partial charge in [0.2, 0.25) is 5.91 Å². The van der Waals surface area contributed by atoms with Crippen molar-refractivity contribution in [3.63, 3.8) is 0 Å². The fraction of sp³-hybridized carbons (Fsp3) is 0.391. The Bertz CT molecular complexity index is 769. The molecule has 0 unspecified atom stereocenters. The Labute approximate surface area is 167 Å². The molecule has 1 heterocycles. The summed E-state index contributed by atoms with van der Waals surface area (Å²) in [5.74, 6) is 0.0955. The van der Waals surface area contributed by atoms with E-state index in [-0.39, 0.29) is 23.9 Å². The molecule has 1 saturated heterocycles. The number of benzene rings is 2. The maximum Gasteiger partial charge on any atom is 0.251 e. The summed E-state index contributed by atoms with van der Waals surface area (Å²) >= 11 is 0. The van der Waals surface area contributed by atoms with E-state index >= 15 is 0 Å². The number of nitrogens with zero attached hydrogens (tertiary/aromatic N) is 2. The molecule has 0 radical (unpaired) electrons. The third-order valence-electron chi connectivity index (χ3n) is 5.14. The molecule has 0 bridgehead atoms. The zero-order valence-electron chi connectivity index (χ0n) is 16.7. The lowest BCUT2D eigenvalue weighted by Gasteiger charge is -2.34. The number of nitrogens with one attached hydrogen (secondary N) is 1. The first kappa shape index (κ1) is 20.1. The summed E-state index contributed by atoms with van der Waals surface area (Å²) in [6.45, 7) is 6.11. The van der Waals surface area contributed by atoms with Crippen molar-refractivity contribution < 1.29 is 9.59 Å². The van der Waals surface area contributed by atoms with Gasteiger partial charge in [0.15, 0.2) is 0 Å². The molecule has 1 N–H and O–H groups in total. The van der Waals surface area contributed by atoms with Crippen LogP contribution in [0.15, 0.2) is 60.7 Å². The first-order chi connectivity index (χ1) is 13.5. The molecule has 2 aromatic carbocycles. The van der Waals surface area contributed by atoms with Crippen molar-refractivity contribution in [2.75, 3.05) is 24.5 Å². The van der Waals surface area contributed by atoms with Gasteiger partial charge in [-0.2, -0.15) is 0 Å². The Morgan fingerprint density at radius 2 is 1.57 bits per heavy atom. The predicted octanol–water partition coefficient (Wildman–Crippen LogP) is 3.32. The van der Waals surface area contributed by atoms with Gasteiger partial charge in [-0.05, 0) is 51.0 Å². The highest BCUT2D eigenvalue weighted by atomic mass is 16.2.